The van der Waals surface area contributed by atoms with E-state index in [0.717, 1.165) is 31.9 Å². The van der Waals surface area contributed by atoms with Gasteiger partial charge in [-0.15, -0.1) is 0 Å². The zero-order valence-corrected chi connectivity index (χ0v) is 18.1. The van der Waals surface area contributed by atoms with Crippen molar-refractivity contribution >= 4 is 22.8 Å². The Labute approximate surface area is 181 Å². The van der Waals surface area contributed by atoms with Crippen molar-refractivity contribution in [2.75, 3.05) is 18.0 Å². The first-order valence-electron chi connectivity index (χ1n) is 10.8. The first kappa shape index (κ1) is 21.1. The summed E-state index contributed by atoms with van der Waals surface area (Å²) < 4.78 is 3.44. The summed E-state index contributed by atoms with van der Waals surface area (Å²) >= 11 is 0. The number of anilines is 1. The van der Waals surface area contributed by atoms with Gasteiger partial charge in [0, 0.05) is 37.4 Å². The number of ketones is 1. The molecule has 31 heavy (non-hydrogen) atoms. The number of benzene rings is 1. The summed E-state index contributed by atoms with van der Waals surface area (Å²) in [6.45, 7) is 6.20. The molecule has 0 spiro atoms. The fourth-order valence-electron chi connectivity index (χ4n) is 4.04. The molecule has 1 aromatic carbocycles. The zero-order valence-electron chi connectivity index (χ0n) is 18.1. The lowest BCUT2D eigenvalue weighted by molar-refractivity contribution is 0.0971. The summed E-state index contributed by atoms with van der Waals surface area (Å²) in [6.07, 6.45) is 5.75. The number of carbonyl (C=O) groups is 1. The smallest absolute Gasteiger partial charge is 0.277 e. The van der Waals surface area contributed by atoms with Crippen molar-refractivity contribution in [1.82, 2.24) is 14.1 Å². The van der Waals surface area contributed by atoms with E-state index in [1.807, 2.05) is 42.7 Å². The first-order valence-corrected chi connectivity index (χ1v) is 10.8. The number of Topliss-reactive ketones (excluding diaryl/α,β-unsaturated/α-hetero) is 1. The van der Waals surface area contributed by atoms with E-state index in [0.29, 0.717) is 23.1 Å². The van der Waals surface area contributed by atoms with Crippen LogP contribution in [-0.4, -0.2) is 39.0 Å². The van der Waals surface area contributed by atoms with E-state index in [1.165, 1.54) is 10.1 Å². The second-order valence-corrected chi connectivity index (χ2v) is 8.42. The van der Waals surface area contributed by atoms with Gasteiger partial charge in [0.1, 0.15) is 5.52 Å². The number of allylic oxidation sites excluding steroid dienone is 2. The maximum Gasteiger partial charge on any atom is 0.277 e. The Bertz CT molecular complexity index is 1170. The molecule has 0 amide bonds. The van der Waals surface area contributed by atoms with Crippen LogP contribution in [0.4, 0.5) is 5.95 Å². The molecular formula is C24H29N5O2. The summed E-state index contributed by atoms with van der Waals surface area (Å²) in [5.74, 6) is 0.673. The molecule has 1 atom stereocenters. The lowest BCUT2D eigenvalue weighted by atomic mass is 10.1. The maximum absolute atomic E-state index is 13.4. The summed E-state index contributed by atoms with van der Waals surface area (Å²) in [7, 11) is 0. The van der Waals surface area contributed by atoms with E-state index in [1.54, 1.807) is 18.3 Å². The Balaban J connectivity index is 1.77. The lowest BCUT2D eigenvalue weighted by Gasteiger charge is -2.31. The Morgan fingerprint density at radius 3 is 2.71 bits per heavy atom. The number of nitrogens with two attached hydrogens (primary N) is 1. The number of carbonyl (C=O) groups excluding carboxylic acids is 1. The van der Waals surface area contributed by atoms with Gasteiger partial charge in [0.05, 0.1) is 12.1 Å². The van der Waals surface area contributed by atoms with Crippen LogP contribution in [-0.2, 0) is 13.1 Å². The van der Waals surface area contributed by atoms with Crippen LogP contribution in [0.3, 0.4) is 0 Å². The fourth-order valence-corrected chi connectivity index (χ4v) is 4.04. The predicted octanol–water partition coefficient (Wildman–Crippen LogP) is 2.97. The molecule has 1 aliphatic heterocycles. The molecule has 162 valence electrons. The number of rotatable bonds is 6. The minimum atomic E-state index is -0.205. The van der Waals surface area contributed by atoms with Crippen molar-refractivity contribution in [1.29, 1.82) is 0 Å². The number of pyridine rings is 1. The number of fused-ring (bicyclic) bond motifs is 1. The Kier molecular flexibility index (Phi) is 6.04. The molecule has 2 N–H and O–H groups in total. The largest absolute Gasteiger partial charge is 0.341 e. The lowest BCUT2D eigenvalue weighted by Crippen LogP contribution is -2.44. The molecule has 0 bridgehead atoms. The number of nitrogens with zero attached hydrogens (tertiary/aromatic N) is 4. The van der Waals surface area contributed by atoms with Crippen LogP contribution in [0.1, 0.15) is 37.0 Å². The first-order chi connectivity index (χ1) is 14.9. The van der Waals surface area contributed by atoms with Crippen LogP contribution in [0, 0.1) is 0 Å². The van der Waals surface area contributed by atoms with Crippen LogP contribution in [0.2, 0.25) is 0 Å². The molecule has 0 saturated carbocycles. The zero-order chi connectivity index (χ0) is 22.0. The average Bonchev–Trinajstić information content (AvgIpc) is 3.14. The predicted molar refractivity (Wildman–Crippen MR) is 124 cm³/mol. The molecule has 7 heteroatoms. The number of hydrogen-bond acceptors (Lipinski definition) is 5. The summed E-state index contributed by atoms with van der Waals surface area (Å²) in [5.41, 5.74) is 8.92. The molecule has 3 heterocycles. The van der Waals surface area contributed by atoms with Gasteiger partial charge < -0.3 is 19.8 Å². The molecule has 3 aromatic rings. The van der Waals surface area contributed by atoms with Crippen molar-refractivity contribution in [3.05, 3.63) is 70.2 Å². The normalized spacial score (nSPS) is 16.5. The van der Waals surface area contributed by atoms with Gasteiger partial charge in [-0.25, -0.2) is 4.98 Å². The summed E-state index contributed by atoms with van der Waals surface area (Å²) in [4.78, 5) is 33.1. The van der Waals surface area contributed by atoms with E-state index < -0.39 is 0 Å². The van der Waals surface area contributed by atoms with Crippen molar-refractivity contribution in [3.8, 4) is 0 Å². The van der Waals surface area contributed by atoms with Crippen molar-refractivity contribution in [2.24, 2.45) is 5.73 Å². The Morgan fingerprint density at radius 1 is 1.23 bits per heavy atom. The highest BCUT2D eigenvalue weighted by Crippen LogP contribution is 2.24. The number of piperidine rings is 1. The quantitative estimate of drug-likeness (QED) is 0.490. The molecule has 1 unspecified atom stereocenters. The van der Waals surface area contributed by atoms with Crippen LogP contribution in [0.15, 0.2) is 59.0 Å². The molecule has 1 aliphatic rings. The van der Waals surface area contributed by atoms with Crippen LogP contribution in [0.5, 0.6) is 0 Å². The SMILES string of the molecule is CC(C)=CCn1c(N2CCCC(N)C2)nc2ccn(CC(=O)c3ccccc3)c(=O)c21. The molecule has 4 rings (SSSR count). The van der Waals surface area contributed by atoms with E-state index >= 15 is 0 Å². The standard InChI is InChI=1S/C24H29N5O2/c1-17(2)10-14-29-22-20(26-24(29)28-12-6-9-19(25)15-28)11-13-27(23(22)31)16-21(30)18-7-4-3-5-8-18/h3-5,7-8,10-11,13,19H,6,9,12,14-16,25H2,1-2H3. The van der Waals surface area contributed by atoms with E-state index in [9.17, 15) is 9.59 Å². The molecule has 7 nitrogen and oxygen atoms in total. The average molecular weight is 420 g/mol. The van der Waals surface area contributed by atoms with Gasteiger partial charge >= 0.3 is 0 Å². The highest BCUT2D eigenvalue weighted by molar-refractivity contribution is 5.96. The maximum atomic E-state index is 13.4. The van der Waals surface area contributed by atoms with Crippen molar-refractivity contribution in [2.45, 2.75) is 45.8 Å². The van der Waals surface area contributed by atoms with Gasteiger partial charge in [-0.2, -0.15) is 0 Å². The van der Waals surface area contributed by atoms with Gasteiger partial charge in [0.25, 0.3) is 5.56 Å². The van der Waals surface area contributed by atoms with Crippen molar-refractivity contribution in [3.63, 3.8) is 0 Å². The minimum Gasteiger partial charge on any atom is -0.341 e. The molecule has 0 radical (unpaired) electrons. The van der Waals surface area contributed by atoms with Crippen LogP contribution >= 0.6 is 0 Å². The van der Waals surface area contributed by atoms with E-state index in [-0.39, 0.29) is 23.9 Å². The summed E-state index contributed by atoms with van der Waals surface area (Å²) in [6, 6.07) is 11.0. The third-order valence-electron chi connectivity index (χ3n) is 5.68. The third-order valence-corrected chi connectivity index (χ3v) is 5.68. The van der Waals surface area contributed by atoms with Gasteiger partial charge in [-0.1, -0.05) is 42.0 Å². The number of imidazole rings is 1. The highest BCUT2D eigenvalue weighted by atomic mass is 16.1. The van der Waals surface area contributed by atoms with Gasteiger partial charge in [-0.3, -0.25) is 9.59 Å². The second-order valence-electron chi connectivity index (χ2n) is 8.42. The number of hydrogen-bond donors (Lipinski definition) is 1. The summed E-state index contributed by atoms with van der Waals surface area (Å²) in [5, 5.41) is 0. The Morgan fingerprint density at radius 2 is 2.00 bits per heavy atom. The van der Waals surface area contributed by atoms with Gasteiger partial charge in [0.2, 0.25) is 5.95 Å². The van der Waals surface area contributed by atoms with Crippen molar-refractivity contribution < 1.29 is 4.79 Å². The number of aromatic nitrogens is 3. The van der Waals surface area contributed by atoms with Gasteiger partial charge in [-0.05, 0) is 32.8 Å². The second kappa shape index (κ2) is 8.89. The molecule has 1 saturated heterocycles. The van der Waals surface area contributed by atoms with Gasteiger partial charge in [0.15, 0.2) is 5.78 Å². The topological polar surface area (TPSA) is 86.2 Å². The fraction of sp³-hybridized carbons (Fsp3) is 0.375. The van der Waals surface area contributed by atoms with E-state index in [4.69, 9.17) is 10.7 Å². The Hall–Kier alpha value is -3.19. The van der Waals surface area contributed by atoms with Crippen LogP contribution in [0.25, 0.3) is 11.0 Å². The third kappa shape index (κ3) is 4.46. The highest BCUT2D eigenvalue weighted by Gasteiger charge is 2.24. The molecular weight excluding hydrogens is 390 g/mol. The van der Waals surface area contributed by atoms with Crippen LogP contribution < -0.4 is 16.2 Å². The minimum absolute atomic E-state index is 0.00344. The van der Waals surface area contributed by atoms with E-state index in [2.05, 4.69) is 11.0 Å². The molecule has 1 fully saturated rings. The molecule has 2 aromatic heterocycles. The monoisotopic (exact) mass is 419 g/mol. The molecule has 0 aliphatic carbocycles.